The van der Waals surface area contributed by atoms with E-state index in [2.05, 4.69) is 41.0 Å². The lowest BCUT2D eigenvalue weighted by molar-refractivity contribution is -0.138. The van der Waals surface area contributed by atoms with Crippen LogP contribution in [0.15, 0.2) is 54.6 Å². The summed E-state index contributed by atoms with van der Waals surface area (Å²) in [6.45, 7) is 5.57. The normalized spacial score (nSPS) is 16.3. The van der Waals surface area contributed by atoms with Crippen molar-refractivity contribution < 1.29 is 9.53 Å². The van der Waals surface area contributed by atoms with E-state index in [4.69, 9.17) is 14.7 Å². The summed E-state index contributed by atoms with van der Waals surface area (Å²) in [5.41, 5.74) is 5.49. The average molecular weight is 471 g/mol. The molecule has 35 heavy (non-hydrogen) atoms. The lowest BCUT2D eigenvalue weighted by atomic mass is 9.84. The van der Waals surface area contributed by atoms with Crippen molar-refractivity contribution in [2.24, 2.45) is 5.92 Å². The molecule has 6 heteroatoms. The minimum absolute atomic E-state index is 0.246. The number of hydrogen-bond acceptors (Lipinski definition) is 5. The Morgan fingerprint density at radius 3 is 2.43 bits per heavy atom. The number of hydrogen-bond donors (Lipinski definition) is 0. The van der Waals surface area contributed by atoms with Crippen LogP contribution in [0.2, 0.25) is 0 Å². The number of aryl methyl sites for hydroxylation is 1. The average Bonchev–Trinajstić information content (AvgIpc) is 2.85. The molecule has 1 aromatic heterocycles. The molecule has 0 bridgehead atoms. The van der Waals surface area contributed by atoms with Gasteiger partial charge in [0.05, 0.1) is 12.3 Å². The number of amides is 1. The fourth-order valence-electron chi connectivity index (χ4n) is 5.01. The van der Waals surface area contributed by atoms with Crippen LogP contribution in [0, 0.1) is 12.8 Å². The number of aromatic nitrogens is 2. The number of anilines is 1. The summed E-state index contributed by atoms with van der Waals surface area (Å²) >= 11 is 0. The van der Waals surface area contributed by atoms with Gasteiger partial charge in [-0.25, -0.2) is 9.97 Å². The number of methoxy groups -OCH3 is 1. The van der Waals surface area contributed by atoms with Crippen LogP contribution < -0.4 is 4.90 Å². The summed E-state index contributed by atoms with van der Waals surface area (Å²) in [6.07, 6.45) is 4.02. The standard InChI is InChI=1S/C29H34N4O2/c1-21-8-6-9-22(18-21)19-25-26(20-35-2)30-27(23-10-4-3-5-11-23)31-28(25)32-14-16-33(17-15-32)29(34)24-12-7-13-24/h3-6,8-11,18,24H,7,12-17,19-20H2,1-2H3. The number of carbonyl (C=O) groups is 1. The van der Waals surface area contributed by atoms with E-state index in [9.17, 15) is 4.79 Å². The molecule has 1 aliphatic carbocycles. The summed E-state index contributed by atoms with van der Waals surface area (Å²) in [4.78, 5) is 27.3. The highest BCUT2D eigenvalue weighted by Crippen LogP contribution is 2.31. The van der Waals surface area contributed by atoms with Crippen LogP contribution in [0.5, 0.6) is 0 Å². The maximum absolute atomic E-state index is 12.8. The zero-order chi connectivity index (χ0) is 24.2. The second-order valence-corrected chi connectivity index (χ2v) is 9.70. The predicted octanol–water partition coefficient (Wildman–Crippen LogP) is 4.64. The lowest BCUT2D eigenvalue weighted by Crippen LogP contribution is -2.51. The van der Waals surface area contributed by atoms with Gasteiger partial charge in [-0.1, -0.05) is 66.6 Å². The monoisotopic (exact) mass is 470 g/mol. The van der Waals surface area contributed by atoms with E-state index < -0.39 is 0 Å². The molecule has 2 heterocycles. The maximum atomic E-state index is 12.8. The Morgan fingerprint density at radius 2 is 1.77 bits per heavy atom. The highest BCUT2D eigenvalue weighted by molar-refractivity contribution is 5.80. The van der Waals surface area contributed by atoms with Gasteiger partial charge in [-0.15, -0.1) is 0 Å². The SMILES string of the molecule is COCc1nc(-c2ccccc2)nc(N2CCN(C(=O)C3CCC3)CC2)c1Cc1cccc(C)c1. The molecule has 0 unspecified atom stereocenters. The van der Waals surface area contributed by atoms with Gasteiger partial charge in [-0.3, -0.25) is 4.79 Å². The Morgan fingerprint density at radius 1 is 1.00 bits per heavy atom. The molecular formula is C29H34N4O2. The third kappa shape index (κ3) is 5.22. The van der Waals surface area contributed by atoms with Crippen molar-refractivity contribution in [2.75, 3.05) is 38.2 Å². The van der Waals surface area contributed by atoms with E-state index in [1.165, 1.54) is 17.5 Å². The van der Waals surface area contributed by atoms with Crippen LogP contribution in [0.1, 0.15) is 41.6 Å². The summed E-state index contributed by atoms with van der Waals surface area (Å²) < 4.78 is 5.60. The minimum Gasteiger partial charge on any atom is -0.378 e. The molecule has 2 aromatic carbocycles. The Hall–Kier alpha value is -3.25. The van der Waals surface area contributed by atoms with Gasteiger partial charge in [0.1, 0.15) is 5.82 Å². The van der Waals surface area contributed by atoms with Gasteiger partial charge in [0, 0.05) is 56.8 Å². The minimum atomic E-state index is 0.246. The molecule has 1 saturated heterocycles. The van der Waals surface area contributed by atoms with Crippen molar-refractivity contribution in [3.63, 3.8) is 0 Å². The fourth-order valence-corrected chi connectivity index (χ4v) is 5.01. The quantitative estimate of drug-likeness (QED) is 0.504. The molecule has 5 rings (SSSR count). The van der Waals surface area contributed by atoms with Gasteiger partial charge in [0.25, 0.3) is 0 Å². The number of benzene rings is 2. The van der Waals surface area contributed by atoms with Crippen molar-refractivity contribution in [1.82, 2.24) is 14.9 Å². The largest absolute Gasteiger partial charge is 0.378 e. The summed E-state index contributed by atoms with van der Waals surface area (Å²) in [5, 5.41) is 0. The van der Waals surface area contributed by atoms with E-state index in [-0.39, 0.29) is 5.92 Å². The third-order valence-corrected chi connectivity index (χ3v) is 7.19. The molecule has 1 saturated carbocycles. The fraction of sp³-hybridized carbons (Fsp3) is 0.414. The third-order valence-electron chi connectivity index (χ3n) is 7.19. The van der Waals surface area contributed by atoms with Crippen LogP contribution in [0.3, 0.4) is 0 Å². The van der Waals surface area contributed by atoms with Crippen molar-refractivity contribution in [3.05, 3.63) is 77.0 Å². The van der Waals surface area contributed by atoms with E-state index in [1.54, 1.807) is 7.11 Å². The van der Waals surface area contributed by atoms with Crippen LogP contribution in [-0.2, 0) is 22.6 Å². The van der Waals surface area contributed by atoms with Crippen LogP contribution in [-0.4, -0.2) is 54.1 Å². The second kappa shape index (κ2) is 10.6. The molecule has 3 aromatic rings. The Balaban J connectivity index is 1.50. The molecule has 182 valence electrons. The van der Waals surface area contributed by atoms with Gasteiger partial charge in [-0.05, 0) is 25.3 Å². The lowest BCUT2D eigenvalue weighted by Gasteiger charge is -2.39. The van der Waals surface area contributed by atoms with Gasteiger partial charge < -0.3 is 14.5 Å². The van der Waals surface area contributed by atoms with Crippen molar-refractivity contribution in [1.29, 1.82) is 0 Å². The first kappa shape index (κ1) is 23.5. The topological polar surface area (TPSA) is 58.6 Å². The van der Waals surface area contributed by atoms with Crippen molar-refractivity contribution >= 4 is 11.7 Å². The molecular weight excluding hydrogens is 436 g/mol. The number of nitrogens with zero attached hydrogens (tertiary/aromatic N) is 4. The van der Waals surface area contributed by atoms with E-state index in [1.807, 2.05) is 30.3 Å². The Kier molecular flexibility index (Phi) is 7.09. The summed E-state index contributed by atoms with van der Waals surface area (Å²) in [7, 11) is 1.71. The molecule has 0 atom stereocenters. The van der Waals surface area contributed by atoms with E-state index in [0.717, 1.165) is 68.1 Å². The number of piperazine rings is 1. The molecule has 0 N–H and O–H groups in total. The number of rotatable bonds is 7. The zero-order valence-corrected chi connectivity index (χ0v) is 20.7. The van der Waals surface area contributed by atoms with E-state index >= 15 is 0 Å². The molecule has 0 spiro atoms. The maximum Gasteiger partial charge on any atom is 0.225 e. The first-order valence-electron chi connectivity index (χ1n) is 12.7. The molecule has 1 aliphatic heterocycles. The zero-order valence-electron chi connectivity index (χ0n) is 20.7. The Labute approximate surface area is 208 Å². The summed E-state index contributed by atoms with van der Waals surface area (Å²) in [6, 6.07) is 18.7. The molecule has 2 fully saturated rings. The molecule has 1 amide bonds. The summed E-state index contributed by atoms with van der Waals surface area (Å²) in [5.74, 6) is 2.26. The van der Waals surface area contributed by atoms with Gasteiger partial charge in [0.2, 0.25) is 5.91 Å². The van der Waals surface area contributed by atoms with E-state index in [0.29, 0.717) is 18.3 Å². The van der Waals surface area contributed by atoms with Gasteiger partial charge in [-0.2, -0.15) is 0 Å². The Bertz CT molecular complexity index is 1170. The highest BCUT2D eigenvalue weighted by atomic mass is 16.5. The first-order valence-corrected chi connectivity index (χ1v) is 12.7. The smallest absolute Gasteiger partial charge is 0.225 e. The second-order valence-electron chi connectivity index (χ2n) is 9.70. The number of ether oxygens (including phenoxy) is 1. The highest BCUT2D eigenvalue weighted by Gasteiger charge is 2.32. The van der Waals surface area contributed by atoms with Gasteiger partial charge >= 0.3 is 0 Å². The van der Waals surface area contributed by atoms with Crippen molar-refractivity contribution in [2.45, 2.75) is 39.2 Å². The molecule has 6 nitrogen and oxygen atoms in total. The molecule has 0 radical (unpaired) electrons. The van der Waals surface area contributed by atoms with Gasteiger partial charge in [0.15, 0.2) is 5.82 Å². The van der Waals surface area contributed by atoms with Crippen LogP contribution >= 0.6 is 0 Å². The first-order chi connectivity index (χ1) is 17.1. The van der Waals surface area contributed by atoms with Crippen molar-refractivity contribution in [3.8, 4) is 11.4 Å². The van der Waals surface area contributed by atoms with Crippen LogP contribution in [0.4, 0.5) is 5.82 Å². The van der Waals surface area contributed by atoms with Crippen LogP contribution in [0.25, 0.3) is 11.4 Å². The molecule has 2 aliphatic rings. The number of carbonyl (C=O) groups excluding carboxylic acids is 1. The predicted molar refractivity (Wildman–Crippen MR) is 138 cm³/mol.